The highest BCUT2D eigenvalue weighted by Gasteiger charge is 2.23. The summed E-state index contributed by atoms with van der Waals surface area (Å²) in [5.74, 6) is -0.666. The van der Waals surface area contributed by atoms with E-state index in [2.05, 4.69) is 14.8 Å². The van der Waals surface area contributed by atoms with E-state index < -0.39 is 15.8 Å². The Balaban J connectivity index is 1.59. The molecule has 0 bridgehead atoms. The molecule has 0 unspecified atom stereocenters. The molecule has 29 heavy (non-hydrogen) atoms. The molecule has 1 aromatic carbocycles. The topological polar surface area (TPSA) is 76.9 Å². The Kier molecular flexibility index (Phi) is 5.67. The van der Waals surface area contributed by atoms with Crippen LogP contribution in [-0.4, -0.2) is 23.2 Å². The first-order valence-electron chi connectivity index (χ1n) is 9.38. The van der Waals surface area contributed by atoms with Gasteiger partial charge in [0.25, 0.3) is 0 Å². The average Bonchev–Trinajstić information content (AvgIpc) is 3.39. The summed E-state index contributed by atoms with van der Waals surface area (Å²) in [4.78, 5) is 4.33. The number of benzene rings is 1. The van der Waals surface area contributed by atoms with Gasteiger partial charge in [0, 0.05) is 6.20 Å². The molecular weight excluding hydrogens is 415 g/mol. The van der Waals surface area contributed by atoms with Crippen molar-refractivity contribution < 1.29 is 12.8 Å². The summed E-state index contributed by atoms with van der Waals surface area (Å²) in [6.07, 6.45) is 6.11. The second-order valence-corrected chi connectivity index (χ2v) is 9.19. The number of nitrogens with one attached hydrogen (secondary N) is 1. The van der Waals surface area contributed by atoms with E-state index in [9.17, 15) is 12.8 Å². The third kappa shape index (κ3) is 4.34. The number of pyridine rings is 1. The molecule has 1 aliphatic carbocycles. The van der Waals surface area contributed by atoms with Crippen LogP contribution in [-0.2, 0) is 16.6 Å². The monoisotopic (exact) mass is 434 g/mol. The van der Waals surface area contributed by atoms with E-state index in [4.69, 9.17) is 11.6 Å². The minimum atomic E-state index is -3.85. The summed E-state index contributed by atoms with van der Waals surface area (Å²) < 4.78 is 42.9. The first kappa shape index (κ1) is 20.0. The Morgan fingerprint density at radius 3 is 2.66 bits per heavy atom. The third-order valence-electron chi connectivity index (χ3n) is 5.03. The normalized spacial score (nSPS) is 15.1. The Labute approximate surface area is 173 Å². The van der Waals surface area contributed by atoms with Crippen LogP contribution in [0.4, 0.5) is 4.39 Å². The molecule has 1 aliphatic rings. The van der Waals surface area contributed by atoms with Crippen LogP contribution in [0.5, 0.6) is 0 Å². The second-order valence-electron chi connectivity index (χ2n) is 7.02. The molecule has 0 spiro atoms. The molecule has 1 N–H and O–H groups in total. The molecule has 0 aliphatic heterocycles. The van der Waals surface area contributed by atoms with E-state index in [0.29, 0.717) is 5.69 Å². The zero-order chi connectivity index (χ0) is 20.4. The molecule has 6 nitrogen and oxygen atoms in total. The van der Waals surface area contributed by atoms with Crippen molar-refractivity contribution in [2.75, 3.05) is 0 Å². The number of halogens is 2. The smallest absolute Gasteiger partial charge is 0.240 e. The highest BCUT2D eigenvalue weighted by molar-refractivity contribution is 7.89. The fourth-order valence-electron chi connectivity index (χ4n) is 3.56. The lowest BCUT2D eigenvalue weighted by molar-refractivity contribution is 0.466. The number of sulfonamides is 1. The summed E-state index contributed by atoms with van der Waals surface area (Å²) in [6.45, 7) is 0.0108. The molecular formula is C20H20ClFN4O2S. The number of aromatic nitrogens is 3. The zero-order valence-electron chi connectivity index (χ0n) is 15.6. The van der Waals surface area contributed by atoms with Gasteiger partial charge in [-0.2, -0.15) is 5.10 Å². The van der Waals surface area contributed by atoms with Crippen molar-refractivity contribution in [2.24, 2.45) is 0 Å². The minimum absolute atomic E-state index is 0.0108. The van der Waals surface area contributed by atoms with E-state index >= 15 is 0 Å². The fourth-order valence-corrected chi connectivity index (χ4v) is 4.83. The Bertz CT molecular complexity index is 1110. The van der Waals surface area contributed by atoms with Gasteiger partial charge in [-0.05, 0) is 49.2 Å². The van der Waals surface area contributed by atoms with Crippen molar-refractivity contribution >= 4 is 21.6 Å². The van der Waals surface area contributed by atoms with Gasteiger partial charge in [-0.1, -0.05) is 30.5 Å². The van der Waals surface area contributed by atoms with E-state index in [-0.39, 0.29) is 22.5 Å². The standard InChI is InChI=1S/C20H20ClFN4O2S/c21-17-12-16(8-9-18(17)22)29(27,28)24-13-14-11-20(19-7-3-4-10-23-19)26(25-14)15-5-1-2-6-15/h3-4,7-12,15,24H,1-2,5-6,13H2. The maximum absolute atomic E-state index is 13.3. The van der Waals surface area contributed by atoms with Crippen LogP contribution in [0.2, 0.25) is 5.02 Å². The number of rotatable bonds is 6. The van der Waals surface area contributed by atoms with Gasteiger partial charge in [0.15, 0.2) is 0 Å². The Hall–Kier alpha value is -2.29. The third-order valence-corrected chi connectivity index (χ3v) is 6.72. The van der Waals surface area contributed by atoms with Crippen molar-refractivity contribution in [1.82, 2.24) is 19.5 Å². The lowest BCUT2D eigenvalue weighted by atomic mass is 10.2. The summed E-state index contributed by atoms with van der Waals surface area (Å²) >= 11 is 5.71. The van der Waals surface area contributed by atoms with Crippen molar-refractivity contribution in [2.45, 2.75) is 43.2 Å². The molecule has 1 saturated carbocycles. The molecule has 2 heterocycles. The average molecular weight is 435 g/mol. The van der Waals surface area contributed by atoms with Gasteiger partial charge < -0.3 is 0 Å². The van der Waals surface area contributed by atoms with Gasteiger partial charge in [-0.25, -0.2) is 17.5 Å². The summed E-state index contributed by atoms with van der Waals surface area (Å²) in [6, 6.07) is 11.1. The number of nitrogens with zero attached hydrogens (tertiary/aromatic N) is 3. The van der Waals surface area contributed by atoms with Crippen LogP contribution < -0.4 is 4.72 Å². The van der Waals surface area contributed by atoms with Crippen LogP contribution in [0.3, 0.4) is 0 Å². The van der Waals surface area contributed by atoms with Gasteiger partial charge in [0.05, 0.1) is 39.6 Å². The Morgan fingerprint density at radius 1 is 1.17 bits per heavy atom. The van der Waals surface area contributed by atoms with Gasteiger partial charge in [0.1, 0.15) is 5.82 Å². The van der Waals surface area contributed by atoms with E-state index in [1.807, 2.05) is 28.9 Å². The van der Waals surface area contributed by atoms with Crippen molar-refractivity contribution in [3.63, 3.8) is 0 Å². The molecule has 9 heteroatoms. The molecule has 0 saturated heterocycles. The van der Waals surface area contributed by atoms with Gasteiger partial charge in [0.2, 0.25) is 10.0 Å². The molecule has 0 amide bonds. The first-order chi connectivity index (χ1) is 13.9. The van der Waals surface area contributed by atoms with Crippen LogP contribution in [0.15, 0.2) is 53.6 Å². The molecule has 3 aromatic rings. The van der Waals surface area contributed by atoms with Crippen LogP contribution >= 0.6 is 11.6 Å². The van der Waals surface area contributed by atoms with E-state index in [1.165, 1.54) is 6.07 Å². The second kappa shape index (κ2) is 8.22. The Morgan fingerprint density at radius 2 is 1.97 bits per heavy atom. The summed E-state index contributed by atoms with van der Waals surface area (Å²) in [7, 11) is -3.85. The lowest BCUT2D eigenvalue weighted by Crippen LogP contribution is -2.23. The van der Waals surface area contributed by atoms with Gasteiger partial charge >= 0.3 is 0 Å². The maximum Gasteiger partial charge on any atom is 0.240 e. The maximum atomic E-state index is 13.3. The number of hydrogen-bond acceptors (Lipinski definition) is 4. The highest BCUT2D eigenvalue weighted by Crippen LogP contribution is 2.33. The predicted molar refractivity (Wildman–Crippen MR) is 108 cm³/mol. The molecule has 1 fully saturated rings. The first-order valence-corrected chi connectivity index (χ1v) is 11.2. The highest BCUT2D eigenvalue weighted by atomic mass is 35.5. The van der Waals surface area contributed by atoms with Crippen LogP contribution in [0.25, 0.3) is 11.4 Å². The van der Waals surface area contributed by atoms with Crippen molar-refractivity contribution in [3.05, 3.63) is 65.2 Å². The van der Waals surface area contributed by atoms with Gasteiger partial charge in [-0.3, -0.25) is 9.67 Å². The quantitative estimate of drug-likeness (QED) is 0.626. The minimum Gasteiger partial charge on any atom is -0.260 e. The van der Waals surface area contributed by atoms with Crippen LogP contribution in [0.1, 0.15) is 37.4 Å². The predicted octanol–water partition coefficient (Wildman–Crippen LogP) is 4.33. The molecule has 0 atom stereocenters. The SMILES string of the molecule is O=S(=O)(NCc1cc(-c2ccccn2)n(C2CCCC2)n1)c1ccc(F)c(Cl)c1. The van der Waals surface area contributed by atoms with E-state index in [1.54, 1.807) is 6.20 Å². The fraction of sp³-hybridized carbons (Fsp3) is 0.300. The zero-order valence-corrected chi connectivity index (χ0v) is 17.1. The molecule has 0 radical (unpaired) electrons. The van der Waals surface area contributed by atoms with Crippen molar-refractivity contribution in [3.8, 4) is 11.4 Å². The van der Waals surface area contributed by atoms with Gasteiger partial charge in [-0.15, -0.1) is 0 Å². The van der Waals surface area contributed by atoms with Crippen LogP contribution in [0, 0.1) is 5.82 Å². The number of hydrogen-bond donors (Lipinski definition) is 1. The lowest BCUT2D eigenvalue weighted by Gasteiger charge is -2.13. The van der Waals surface area contributed by atoms with E-state index in [0.717, 1.165) is 49.2 Å². The molecule has 152 valence electrons. The largest absolute Gasteiger partial charge is 0.260 e. The van der Waals surface area contributed by atoms with Crippen molar-refractivity contribution in [1.29, 1.82) is 0 Å². The summed E-state index contributed by atoms with van der Waals surface area (Å²) in [5, 5.41) is 4.42. The molecule has 2 aromatic heterocycles. The summed E-state index contributed by atoms with van der Waals surface area (Å²) in [5.41, 5.74) is 2.26. The molecule has 4 rings (SSSR count).